The van der Waals surface area contributed by atoms with Crippen molar-refractivity contribution >= 4 is 5.97 Å². The zero-order valence-electron chi connectivity index (χ0n) is 13.8. The number of benzene rings is 2. The van der Waals surface area contributed by atoms with Gasteiger partial charge in [-0.05, 0) is 67.5 Å². The average molecular weight is 312 g/mol. The third-order valence-corrected chi connectivity index (χ3v) is 4.03. The molecule has 0 heterocycles. The summed E-state index contributed by atoms with van der Waals surface area (Å²) in [4.78, 5) is 10.5. The number of carboxylic acid groups (broad SMARTS) is 1. The van der Waals surface area contributed by atoms with Crippen molar-refractivity contribution in [2.45, 2.75) is 46.1 Å². The largest absolute Gasteiger partial charge is 0.489 e. The van der Waals surface area contributed by atoms with Crippen LogP contribution in [0.5, 0.6) is 5.75 Å². The highest BCUT2D eigenvalue weighted by molar-refractivity contribution is 5.66. The third kappa shape index (κ3) is 5.44. The first kappa shape index (κ1) is 17.1. The van der Waals surface area contributed by atoms with Crippen LogP contribution >= 0.6 is 0 Å². The molecule has 2 aromatic carbocycles. The van der Waals surface area contributed by atoms with Gasteiger partial charge in [-0.1, -0.05) is 30.3 Å². The molecule has 3 heteroatoms. The molecule has 122 valence electrons. The van der Waals surface area contributed by atoms with E-state index in [0.29, 0.717) is 13.0 Å². The molecule has 0 aromatic heterocycles. The molecule has 23 heavy (non-hydrogen) atoms. The Kier molecular flexibility index (Phi) is 6.21. The predicted octanol–water partition coefficient (Wildman–Crippen LogP) is 4.68. The fourth-order valence-corrected chi connectivity index (χ4v) is 2.63. The summed E-state index contributed by atoms with van der Waals surface area (Å²) in [5, 5.41) is 8.66. The minimum atomic E-state index is -0.726. The Hall–Kier alpha value is -2.29. The maximum atomic E-state index is 10.5. The van der Waals surface area contributed by atoms with Gasteiger partial charge in [0.2, 0.25) is 0 Å². The molecular weight excluding hydrogens is 288 g/mol. The van der Waals surface area contributed by atoms with Crippen molar-refractivity contribution in [3.05, 3.63) is 64.7 Å². The fraction of sp³-hybridized carbons (Fsp3) is 0.350. The van der Waals surface area contributed by atoms with E-state index in [-0.39, 0.29) is 6.42 Å². The average Bonchev–Trinajstić information content (AvgIpc) is 2.51. The fourth-order valence-electron chi connectivity index (χ4n) is 2.63. The summed E-state index contributed by atoms with van der Waals surface area (Å²) in [6.07, 6.45) is 2.71. The lowest BCUT2D eigenvalue weighted by Gasteiger charge is -2.12. The molecular formula is C20H24O3. The van der Waals surface area contributed by atoms with Gasteiger partial charge < -0.3 is 9.84 Å². The van der Waals surface area contributed by atoms with E-state index in [1.165, 1.54) is 22.3 Å². The Balaban J connectivity index is 1.91. The summed E-state index contributed by atoms with van der Waals surface area (Å²) >= 11 is 0. The van der Waals surface area contributed by atoms with Crippen LogP contribution in [0.3, 0.4) is 0 Å². The minimum Gasteiger partial charge on any atom is -0.489 e. The van der Waals surface area contributed by atoms with Crippen LogP contribution in [0.2, 0.25) is 0 Å². The van der Waals surface area contributed by atoms with Crippen LogP contribution in [0.25, 0.3) is 0 Å². The Labute approximate surface area is 137 Å². The molecule has 0 radical (unpaired) electrons. The van der Waals surface area contributed by atoms with Crippen molar-refractivity contribution in [1.82, 2.24) is 0 Å². The molecule has 0 amide bonds. The smallest absolute Gasteiger partial charge is 0.303 e. The molecule has 0 aliphatic rings. The summed E-state index contributed by atoms with van der Waals surface area (Å²) in [5.74, 6) is 0.138. The van der Waals surface area contributed by atoms with E-state index in [0.717, 1.165) is 18.6 Å². The number of unbranched alkanes of at least 4 members (excludes halogenated alkanes) is 1. The minimum absolute atomic E-state index is 0.239. The van der Waals surface area contributed by atoms with Crippen molar-refractivity contribution in [3.63, 3.8) is 0 Å². The predicted molar refractivity (Wildman–Crippen MR) is 91.9 cm³/mol. The first-order chi connectivity index (χ1) is 11.1. The van der Waals surface area contributed by atoms with E-state index in [1.54, 1.807) is 0 Å². The van der Waals surface area contributed by atoms with E-state index in [2.05, 4.69) is 38.1 Å². The molecule has 0 atom stereocenters. The number of carboxylic acids is 1. The van der Waals surface area contributed by atoms with Gasteiger partial charge in [0.25, 0.3) is 0 Å². The van der Waals surface area contributed by atoms with Gasteiger partial charge in [0.05, 0.1) is 0 Å². The highest BCUT2D eigenvalue weighted by atomic mass is 16.5. The Bertz CT molecular complexity index is 641. The number of aryl methyl sites for hydroxylation is 3. The monoisotopic (exact) mass is 312 g/mol. The highest BCUT2D eigenvalue weighted by Crippen LogP contribution is 2.19. The van der Waals surface area contributed by atoms with E-state index in [4.69, 9.17) is 9.84 Å². The molecule has 0 unspecified atom stereocenters. The van der Waals surface area contributed by atoms with Crippen molar-refractivity contribution in [3.8, 4) is 5.75 Å². The molecule has 1 N–H and O–H groups in total. The van der Waals surface area contributed by atoms with Gasteiger partial charge in [0.15, 0.2) is 0 Å². The SMILES string of the molecule is Cc1cccc(C)c1COc1cccc(CCCCC(=O)O)c1. The van der Waals surface area contributed by atoms with Gasteiger partial charge in [-0.2, -0.15) is 0 Å². The zero-order valence-corrected chi connectivity index (χ0v) is 13.8. The number of aliphatic carboxylic acids is 1. The molecule has 0 spiro atoms. The maximum Gasteiger partial charge on any atom is 0.303 e. The second kappa shape index (κ2) is 8.37. The molecule has 0 bridgehead atoms. The molecule has 2 aromatic rings. The van der Waals surface area contributed by atoms with Gasteiger partial charge in [-0.25, -0.2) is 0 Å². The molecule has 0 aliphatic heterocycles. The van der Waals surface area contributed by atoms with Gasteiger partial charge >= 0.3 is 5.97 Å². The van der Waals surface area contributed by atoms with Crippen molar-refractivity contribution in [1.29, 1.82) is 0 Å². The van der Waals surface area contributed by atoms with Crippen LogP contribution in [0.1, 0.15) is 41.5 Å². The molecule has 3 nitrogen and oxygen atoms in total. The number of hydrogen-bond acceptors (Lipinski definition) is 2. The standard InChI is InChI=1S/C20H24O3/c1-15-7-5-8-16(2)19(15)14-23-18-11-6-10-17(13-18)9-3-4-12-20(21)22/h5-8,10-11,13H,3-4,9,12,14H2,1-2H3,(H,21,22). The van der Waals surface area contributed by atoms with E-state index >= 15 is 0 Å². The molecule has 0 saturated heterocycles. The van der Waals surface area contributed by atoms with Gasteiger partial charge in [0.1, 0.15) is 12.4 Å². The first-order valence-corrected chi connectivity index (χ1v) is 8.05. The second-order valence-electron chi connectivity index (χ2n) is 5.91. The highest BCUT2D eigenvalue weighted by Gasteiger charge is 2.04. The van der Waals surface area contributed by atoms with Crippen LogP contribution in [0.15, 0.2) is 42.5 Å². The van der Waals surface area contributed by atoms with Gasteiger partial charge in [-0.15, -0.1) is 0 Å². The summed E-state index contributed by atoms with van der Waals surface area (Å²) in [7, 11) is 0. The molecule has 2 rings (SSSR count). The van der Waals surface area contributed by atoms with Crippen LogP contribution < -0.4 is 4.74 Å². The van der Waals surface area contributed by atoms with Crippen LogP contribution in [-0.4, -0.2) is 11.1 Å². The lowest BCUT2D eigenvalue weighted by molar-refractivity contribution is -0.137. The summed E-state index contributed by atoms with van der Waals surface area (Å²) in [6.45, 7) is 4.77. The summed E-state index contributed by atoms with van der Waals surface area (Å²) < 4.78 is 5.94. The van der Waals surface area contributed by atoms with Crippen molar-refractivity contribution < 1.29 is 14.6 Å². The number of rotatable bonds is 8. The number of hydrogen-bond donors (Lipinski definition) is 1. The second-order valence-corrected chi connectivity index (χ2v) is 5.91. The number of carbonyl (C=O) groups is 1. The summed E-state index contributed by atoms with van der Waals surface area (Å²) in [6, 6.07) is 14.3. The Morgan fingerprint density at radius 1 is 1.04 bits per heavy atom. The molecule has 0 saturated carbocycles. The van der Waals surface area contributed by atoms with E-state index in [9.17, 15) is 4.79 Å². The zero-order chi connectivity index (χ0) is 16.7. The van der Waals surface area contributed by atoms with Crippen LogP contribution in [0, 0.1) is 13.8 Å². The topological polar surface area (TPSA) is 46.5 Å². The van der Waals surface area contributed by atoms with Gasteiger partial charge in [-0.3, -0.25) is 4.79 Å². The Morgan fingerprint density at radius 2 is 1.74 bits per heavy atom. The van der Waals surface area contributed by atoms with E-state index in [1.807, 2.05) is 18.2 Å². The maximum absolute atomic E-state index is 10.5. The van der Waals surface area contributed by atoms with Crippen LogP contribution in [0.4, 0.5) is 0 Å². The van der Waals surface area contributed by atoms with Crippen molar-refractivity contribution in [2.24, 2.45) is 0 Å². The normalized spacial score (nSPS) is 10.5. The Morgan fingerprint density at radius 3 is 2.43 bits per heavy atom. The van der Waals surface area contributed by atoms with Crippen LogP contribution in [-0.2, 0) is 17.8 Å². The molecule has 0 aliphatic carbocycles. The number of ether oxygens (including phenoxy) is 1. The summed E-state index contributed by atoms with van der Waals surface area (Å²) in [5.41, 5.74) is 4.92. The van der Waals surface area contributed by atoms with Gasteiger partial charge in [0, 0.05) is 6.42 Å². The van der Waals surface area contributed by atoms with E-state index < -0.39 is 5.97 Å². The first-order valence-electron chi connectivity index (χ1n) is 8.05. The lowest BCUT2D eigenvalue weighted by Crippen LogP contribution is -2.01. The molecule has 0 fully saturated rings. The van der Waals surface area contributed by atoms with Crippen molar-refractivity contribution in [2.75, 3.05) is 0 Å². The quantitative estimate of drug-likeness (QED) is 0.720. The lowest BCUT2D eigenvalue weighted by atomic mass is 10.0. The third-order valence-electron chi connectivity index (χ3n) is 4.03.